The summed E-state index contributed by atoms with van der Waals surface area (Å²) in [6, 6.07) is 0. The molecule has 0 saturated carbocycles. The minimum absolute atomic E-state index is 0.310. The predicted molar refractivity (Wildman–Crippen MR) is 38.9 cm³/mol. The minimum atomic E-state index is -4.97. The van der Waals surface area contributed by atoms with Crippen molar-refractivity contribution in [2.45, 2.75) is 18.3 Å². The van der Waals surface area contributed by atoms with Crippen LogP contribution in [0.3, 0.4) is 0 Å². The lowest BCUT2D eigenvalue weighted by Gasteiger charge is -2.10. The summed E-state index contributed by atoms with van der Waals surface area (Å²) in [7, 11) is 0. The topological polar surface area (TPSA) is 32.9 Å². The van der Waals surface area contributed by atoms with Gasteiger partial charge in [0.05, 0.1) is 16.8 Å². The van der Waals surface area contributed by atoms with Crippen LogP contribution in [0.4, 0.5) is 26.3 Å². The zero-order valence-electron chi connectivity index (χ0n) is 7.33. The van der Waals surface area contributed by atoms with Gasteiger partial charge in [-0.25, -0.2) is 4.39 Å². The fraction of sp³-hybridized carbons (Fsp3) is 0.375. The van der Waals surface area contributed by atoms with E-state index in [0.717, 1.165) is 0 Å². The van der Waals surface area contributed by atoms with E-state index in [9.17, 15) is 31.1 Å². The molecule has 2 nitrogen and oxygen atoms in total. The smallest absolute Gasteiger partial charge is 0.361 e. The van der Waals surface area contributed by atoms with Gasteiger partial charge in [-0.05, 0) is 0 Å². The SMILES string of the molecule is O=C1c2c(C(F)(F)F)c[nH]c2C(F)C1(F)F. The lowest BCUT2D eigenvalue weighted by molar-refractivity contribution is -0.137. The molecule has 1 heterocycles. The first-order valence-electron chi connectivity index (χ1n) is 4.02. The van der Waals surface area contributed by atoms with Crippen LogP contribution >= 0.6 is 0 Å². The van der Waals surface area contributed by atoms with Gasteiger partial charge in [-0.3, -0.25) is 4.79 Å². The van der Waals surface area contributed by atoms with E-state index in [0.29, 0.717) is 6.20 Å². The third-order valence-corrected chi connectivity index (χ3v) is 2.32. The maximum Gasteiger partial charge on any atom is 0.418 e. The average Bonchev–Trinajstić information content (AvgIpc) is 2.63. The standard InChI is InChI=1S/C8H3F6NO/c9-5-4-3(6(16)7(5,10)11)2(1-15-4)8(12,13)14/h1,5,15H. The number of aromatic nitrogens is 1. The molecule has 88 valence electrons. The Hall–Kier alpha value is -1.47. The van der Waals surface area contributed by atoms with Crippen molar-refractivity contribution >= 4 is 5.78 Å². The van der Waals surface area contributed by atoms with Crippen LogP contribution in [0, 0.1) is 0 Å². The van der Waals surface area contributed by atoms with Crippen molar-refractivity contribution in [3.8, 4) is 0 Å². The van der Waals surface area contributed by atoms with E-state index in [2.05, 4.69) is 0 Å². The molecular formula is C8H3F6NO. The maximum atomic E-state index is 13.0. The Kier molecular flexibility index (Phi) is 1.93. The Labute approximate surface area is 84.2 Å². The molecule has 0 bridgehead atoms. The van der Waals surface area contributed by atoms with Crippen LogP contribution in [-0.2, 0) is 6.18 Å². The summed E-state index contributed by atoms with van der Waals surface area (Å²) >= 11 is 0. The van der Waals surface area contributed by atoms with E-state index < -0.39 is 40.9 Å². The highest BCUT2D eigenvalue weighted by Crippen LogP contribution is 2.48. The second-order valence-electron chi connectivity index (χ2n) is 3.30. The van der Waals surface area contributed by atoms with Gasteiger partial charge in [0.2, 0.25) is 12.0 Å². The molecule has 0 radical (unpaired) electrons. The molecule has 1 aliphatic carbocycles. The number of Topliss-reactive ketones (excluding diaryl/α,β-unsaturated/α-hetero) is 1. The lowest BCUT2D eigenvalue weighted by atomic mass is 10.1. The van der Waals surface area contributed by atoms with Gasteiger partial charge in [0.25, 0.3) is 0 Å². The molecule has 16 heavy (non-hydrogen) atoms. The number of carbonyl (C=O) groups excluding carboxylic acids is 1. The van der Waals surface area contributed by atoms with E-state index in [1.165, 1.54) is 0 Å². The highest BCUT2D eigenvalue weighted by atomic mass is 19.4. The number of alkyl halides is 6. The van der Waals surface area contributed by atoms with E-state index in [1.807, 2.05) is 0 Å². The van der Waals surface area contributed by atoms with Crippen LogP contribution in [0.1, 0.15) is 27.8 Å². The fourth-order valence-electron chi connectivity index (χ4n) is 1.57. The summed E-state index contributed by atoms with van der Waals surface area (Å²) in [5.41, 5.74) is -3.88. The van der Waals surface area contributed by atoms with Crippen LogP contribution in [0.5, 0.6) is 0 Å². The molecule has 0 aliphatic heterocycles. The normalized spacial score (nSPS) is 23.6. The largest absolute Gasteiger partial charge is 0.418 e. The average molecular weight is 243 g/mol. The molecule has 8 heteroatoms. The van der Waals surface area contributed by atoms with Crippen molar-refractivity contribution < 1.29 is 31.1 Å². The second kappa shape index (κ2) is 2.80. The third-order valence-electron chi connectivity index (χ3n) is 2.32. The summed E-state index contributed by atoms with van der Waals surface area (Å²) in [5.74, 6) is -6.56. The number of carbonyl (C=O) groups is 1. The van der Waals surface area contributed by atoms with Crippen LogP contribution in [0.15, 0.2) is 6.20 Å². The number of aromatic amines is 1. The summed E-state index contributed by atoms with van der Waals surface area (Å²) < 4.78 is 75.5. The molecule has 1 unspecified atom stereocenters. The van der Waals surface area contributed by atoms with Crippen molar-refractivity contribution in [2.24, 2.45) is 0 Å². The second-order valence-corrected chi connectivity index (χ2v) is 3.30. The van der Waals surface area contributed by atoms with Gasteiger partial charge in [-0.15, -0.1) is 0 Å². The quantitative estimate of drug-likeness (QED) is 0.698. The van der Waals surface area contributed by atoms with Gasteiger partial charge in [0.15, 0.2) is 0 Å². The number of H-pyrrole nitrogens is 1. The first-order valence-corrected chi connectivity index (χ1v) is 4.02. The van der Waals surface area contributed by atoms with Gasteiger partial charge in [-0.1, -0.05) is 0 Å². The summed E-state index contributed by atoms with van der Waals surface area (Å²) in [4.78, 5) is 12.7. The van der Waals surface area contributed by atoms with Crippen LogP contribution in [0.2, 0.25) is 0 Å². The predicted octanol–water partition coefficient (Wildman–Crippen LogP) is 2.88. The van der Waals surface area contributed by atoms with Crippen LogP contribution < -0.4 is 0 Å². The number of ketones is 1. The lowest BCUT2D eigenvalue weighted by Crippen LogP contribution is -2.27. The molecule has 0 aromatic carbocycles. The van der Waals surface area contributed by atoms with E-state index in [1.54, 1.807) is 4.98 Å². The molecule has 0 fully saturated rings. The van der Waals surface area contributed by atoms with E-state index in [-0.39, 0.29) is 0 Å². The van der Waals surface area contributed by atoms with Crippen molar-refractivity contribution in [2.75, 3.05) is 0 Å². The molecule has 1 aliphatic rings. The van der Waals surface area contributed by atoms with Gasteiger partial charge in [0.1, 0.15) is 0 Å². The highest BCUT2D eigenvalue weighted by molar-refractivity contribution is 6.07. The number of hydrogen-bond acceptors (Lipinski definition) is 1. The molecule has 0 amide bonds. The molecule has 1 aromatic rings. The molecule has 0 spiro atoms. The number of fused-ring (bicyclic) bond motifs is 1. The van der Waals surface area contributed by atoms with Gasteiger partial charge >= 0.3 is 12.1 Å². The molecule has 1 N–H and O–H groups in total. The van der Waals surface area contributed by atoms with Crippen LogP contribution in [0.25, 0.3) is 0 Å². The Morgan fingerprint density at radius 3 is 2.38 bits per heavy atom. The van der Waals surface area contributed by atoms with Crippen molar-refractivity contribution in [3.05, 3.63) is 23.0 Å². The minimum Gasteiger partial charge on any atom is -0.361 e. The van der Waals surface area contributed by atoms with Crippen molar-refractivity contribution in [1.29, 1.82) is 0 Å². The molecule has 1 aromatic heterocycles. The number of halogens is 6. The number of nitrogens with one attached hydrogen (secondary N) is 1. The van der Waals surface area contributed by atoms with Crippen molar-refractivity contribution in [1.82, 2.24) is 4.98 Å². The monoisotopic (exact) mass is 243 g/mol. The third kappa shape index (κ3) is 1.18. The summed E-state index contributed by atoms with van der Waals surface area (Å²) in [5, 5.41) is 0. The van der Waals surface area contributed by atoms with Gasteiger partial charge in [0, 0.05) is 6.20 Å². The molecule has 2 rings (SSSR count). The number of rotatable bonds is 0. The zero-order chi connectivity index (χ0) is 12.3. The van der Waals surface area contributed by atoms with Crippen LogP contribution in [-0.4, -0.2) is 16.7 Å². The first kappa shape index (κ1) is 11.0. The Bertz CT molecular complexity index is 460. The van der Waals surface area contributed by atoms with Gasteiger partial charge in [-0.2, -0.15) is 22.0 Å². The molecular weight excluding hydrogens is 240 g/mol. The first-order chi connectivity index (χ1) is 7.17. The molecule has 1 atom stereocenters. The van der Waals surface area contributed by atoms with E-state index in [4.69, 9.17) is 0 Å². The highest BCUT2D eigenvalue weighted by Gasteiger charge is 2.60. The molecule has 0 saturated heterocycles. The fourth-order valence-corrected chi connectivity index (χ4v) is 1.57. The zero-order valence-corrected chi connectivity index (χ0v) is 7.33. The summed E-state index contributed by atoms with van der Waals surface area (Å²) in [6.07, 6.45) is -7.71. The van der Waals surface area contributed by atoms with E-state index >= 15 is 0 Å². The maximum absolute atomic E-state index is 13.0. The van der Waals surface area contributed by atoms with Crippen molar-refractivity contribution in [3.63, 3.8) is 0 Å². The van der Waals surface area contributed by atoms with Gasteiger partial charge < -0.3 is 4.98 Å². The Morgan fingerprint density at radius 1 is 1.31 bits per heavy atom. The Morgan fingerprint density at radius 2 is 1.88 bits per heavy atom. The Balaban J connectivity index is 2.63. The summed E-state index contributed by atoms with van der Waals surface area (Å²) in [6.45, 7) is 0. The number of hydrogen-bond donors (Lipinski definition) is 1.